The molecule has 0 spiro atoms. The smallest absolute Gasteiger partial charge is 0.232 e. The number of hydrogen-bond acceptors (Lipinski definition) is 7. The number of halogens is 1. The van der Waals surface area contributed by atoms with E-state index in [2.05, 4.69) is 100.0 Å². The molecular weight excluding hydrogens is 508 g/mol. The number of benzene rings is 2. The highest BCUT2D eigenvalue weighted by Gasteiger charge is 2.27. The number of hydrogen-bond donors (Lipinski definition) is 0. The summed E-state index contributed by atoms with van der Waals surface area (Å²) in [6, 6.07) is 19.9. The Kier molecular flexibility index (Phi) is 8.40. The molecule has 2 aromatic heterocycles. The number of aromatic nitrogens is 2. The van der Waals surface area contributed by atoms with E-state index in [1.165, 1.54) is 5.69 Å². The summed E-state index contributed by atoms with van der Waals surface area (Å²) < 4.78 is 6.54. The van der Waals surface area contributed by atoms with E-state index in [0.717, 1.165) is 92.6 Å². The molecule has 2 aromatic carbocycles. The lowest BCUT2D eigenvalue weighted by Gasteiger charge is -2.37. The van der Waals surface area contributed by atoms with E-state index in [1.807, 2.05) is 0 Å². The third-order valence-electron chi connectivity index (χ3n) is 8.19. The summed E-state index contributed by atoms with van der Waals surface area (Å²) in [7, 11) is 0. The molecule has 0 bridgehead atoms. The van der Waals surface area contributed by atoms with Gasteiger partial charge in [0.2, 0.25) is 5.71 Å². The predicted octanol–water partition coefficient (Wildman–Crippen LogP) is 5.65. The second-order valence-corrected chi connectivity index (χ2v) is 10.6. The van der Waals surface area contributed by atoms with Gasteiger partial charge in [0.15, 0.2) is 0 Å². The van der Waals surface area contributed by atoms with Crippen LogP contribution in [0.3, 0.4) is 0 Å². The first-order valence-corrected chi connectivity index (χ1v) is 14.0. The molecule has 39 heavy (non-hydrogen) atoms. The second kappa shape index (κ2) is 11.9. The minimum atomic E-state index is 0. The molecule has 7 nitrogen and oxygen atoms in total. The zero-order valence-electron chi connectivity index (χ0n) is 23.2. The number of rotatable bonds is 6. The molecule has 0 aliphatic carbocycles. The van der Waals surface area contributed by atoms with Crippen LogP contribution in [0.2, 0.25) is 0 Å². The Morgan fingerprint density at radius 1 is 0.769 bits per heavy atom. The van der Waals surface area contributed by atoms with E-state index in [9.17, 15) is 0 Å². The van der Waals surface area contributed by atoms with Crippen molar-refractivity contribution in [1.29, 1.82) is 0 Å². The van der Waals surface area contributed by atoms with E-state index < -0.39 is 0 Å². The monoisotopic (exact) mass is 546 g/mol. The molecule has 2 aliphatic rings. The van der Waals surface area contributed by atoms with Crippen LogP contribution in [0.4, 0.5) is 11.5 Å². The molecule has 206 valence electrons. The van der Waals surface area contributed by atoms with E-state index in [1.54, 1.807) is 6.33 Å². The Morgan fingerprint density at radius 2 is 1.44 bits per heavy atom. The lowest BCUT2D eigenvalue weighted by Crippen LogP contribution is -2.49. The van der Waals surface area contributed by atoms with Crippen molar-refractivity contribution in [1.82, 2.24) is 19.8 Å². The van der Waals surface area contributed by atoms with Crippen LogP contribution < -0.4 is 9.80 Å². The summed E-state index contributed by atoms with van der Waals surface area (Å²) in [5, 5.41) is 1.01. The van der Waals surface area contributed by atoms with Crippen molar-refractivity contribution in [2.45, 2.75) is 26.8 Å². The number of fused-ring (bicyclic) bond motifs is 1. The molecule has 2 fully saturated rings. The van der Waals surface area contributed by atoms with Gasteiger partial charge in [-0.25, -0.2) is 9.97 Å². The number of nitrogens with zero attached hydrogens (tertiary/aromatic N) is 6. The van der Waals surface area contributed by atoms with Gasteiger partial charge in [-0.05, 0) is 50.2 Å². The largest absolute Gasteiger partial charge is 0.437 e. The van der Waals surface area contributed by atoms with Crippen LogP contribution in [0.1, 0.15) is 20.8 Å². The first-order chi connectivity index (χ1) is 18.6. The first kappa shape index (κ1) is 27.4. The summed E-state index contributed by atoms with van der Waals surface area (Å²) >= 11 is 0. The van der Waals surface area contributed by atoms with Crippen molar-refractivity contribution in [3.8, 4) is 22.5 Å². The summed E-state index contributed by atoms with van der Waals surface area (Å²) in [6.07, 6.45) is 1.65. The quantitative estimate of drug-likeness (QED) is 0.310. The van der Waals surface area contributed by atoms with E-state index >= 15 is 0 Å². The fraction of sp³-hybridized carbons (Fsp3) is 0.419. The Hall–Kier alpha value is -3.13. The van der Waals surface area contributed by atoms with Crippen molar-refractivity contribution < 1.29 is 4.42 Å². The average Bonchev–Trinajstić information content (AvgIpc) is 3.38. The molecule has 2 aliphatic heterocycles. The van der Waals surface area contributed by atoms with Crippen molar-refractivity contribution >= 4 is 35.0 Å². The standard InChI is InChI=1S/C31H38N6O.ClH/c1-4-34-14-16-36(17-15-34)26-12-10-25(11-13-26)29-27(24-8-6-5-7-9-24)28-30(32-22-33-31(28)38-29)37-20-18-35(19-21-37)23(2)3;/h5-13,22-23H,4,14-21H2,1-3H3;1H. The van der Waals surface area contributed by atoms with Crippen molar-refractivity contribution in [2.75, 3.05) is 68.7 Å². The Morgan fingerprint density at radius 3 is 2.08 bits per heavy atom. The Balaban J connectivity index is 0.00000308. The molecule has 0 atom stereocenters. The van der Waals surface area contributed by atoms with Gasteiger partial charge in [0.25, 0.3) is 0 Å². The number of likely N-dealkylation sites (N-methyl/N-ethyl adjacent to an activating group) is 1. The molecule has 0 saturated carbocycles. The average molecular weight is 547 g/mol. The van der Waals surface area contributed by atoms with Crippen molar-refractivity contribution in [2.24, 2.45) is 0 Å². The van der Waals surface area contributed by atoms with Crippen LogP contribution in [0.5, 0.6) is 0 Å². The van der Waals surface area contributed by atoms with Gasteiger partial charge in [-0.2, -0.15) is 0 Å². The maximum Gasteiger partial charge on any atom is 0.232 e. The van der Waals surface area contributed by atoms with Gasteiger partial charge in [-0.15, -0.1) is 12.4 Å². The molecular formula is C31H39ClN6O. The summed E-state index contributed by atoms with van der Waals surface area (Å²) in [5.74, 6) is 1.83. The minimum Gasteiger partial charge on any atom is -0.437 e. The molecule has 6 rings (SSSR count). The second-order valence-electron chi connectivity index (χ2n) is 10.6. The van der Waals surface area contributed by atoms with Gasteiger partial charge >= 0.3 is 0 Å². The zero-order valence-corrected chi connectivity index (χ0v) is 24.0. The van der Waals surface area contributed by atoms with Crippen LogP contribution in [0, 0.1) is 0 Å². The topological polar surface area (TPSA) is 51.9 Å². The first-order valence-electron chi connectivity index (χ1n) is 14.0. The summed E-state index contributed by atoms with van der Waals surface area (Å²) in [4.78, 5) is 19.3. The predicted molar refractivity (Wildman–Crippen MR) is 163 cm³/mol. The number of piperazine rings is 2. The van der Waals surface area contributed by atoms with E-state index in [-0.39, 0.29) is 12.4 Å². The van der Waals surface area contributed by atoms with Gasteiger partial charge in [0.05, 0.1) is 5.39 Å². The SMILES string of the molecule is CCN1CCN(c2ccc(-c3oc4ncnc(N5CCN(C(C)C)CC5)c4c3-c3ccccc3)cc2)CC1.Cl. The highest BCUT2D eigenvalue weighted by atomic mass is 35.5. The normalized spacial score (nSPS) is 17.1. The zero-order chi connectivity index (χ0) is 26.1. The van der Waals surface area contributed by atoms with Crippen LogP contribution in [-0.4, -0.2) is 84.7 Å². The van der Waals surface area contributed by atoms with Crippen LogP contribution in [0.25, 0.3) is 33.6 Å². The fourth-order valence-corrected chi connectivity index (χ4v) is 5.84. The van der Waals surface area contributed by atoms with Gasteiger partial charge in [-0.3, -0.25) is 4.90 Å². The van der Waals surface area contributed by atoms with Crippen molar-refractivity contribution in [3.63, 3.8) is 0 Å². The van der Waals surface area contributed by atoms with E-state index in [4.69, 9.17) is 9.40 Å². The molecule has 0 N–H and O–H groups in total. The number of anilines is 2. The van der Waals surface area contributed by atoms with Gasteiger partial charge < -0.3 is 19.1 Å². The minimum absolute atomic E-state index is 0. The molecule has 0 radical (unpaired) electrons. The summed E-state index contributed by atoms with van der Waals surface area (Å²) in [6.45, 7) is 16.2. The van der Waals surface area contributed by atoms with Crippen LogP contribution in [-0.2, 0) is 0 Å². The molecule has 0 amide bonds. The molecule has 0 unspecified atom stereocenters. The highest BCUT2D eigenvalue weighted by molar-refractivity contribution is 6.06. The highest BCUT2D eigenvalue weighted by Crippen LogP contribution is 2.43. The molecule has 2 saturated heterocycles. The lowest BCUT2D eigenvalue weighted by molar-refractivity contribution is 0.209. The van der Waals surface area contributed by atoms with Crippen LogP contribution >= 0.6 is 12.4 Å². The van der Waals surface area contributed by atoms with E-state index in [0.29, 0.717) is 11.8 Å². The third-order valence-corrected chi connectivity index (χ3v) is 8.19. The lowest BCUT2D eigenvalue weighted by atomic mass is 9.99. The Bertz CT molecular complexity index is 1360. The maximum atomic E-state index is 6.54. The number of furan rings is 1. The van der Waals surface area contributed by atoms with Gasteiger partial charge in [0, 0.05) is 75.2 Å². The third kappa shape index (κ3) is 5.49. The van der Waals surface area contributed by atoms with Crippen LogP contribution in [0.15, 0.2) is 65.3 Å². The molecule has 4 heterocycles. The van der Waals surface area contributed by atoms with Crippen molar-refractivity contribution in [3.05, 3.63) is 60.9 Å². The molecule has 4 aromatic rings. The Labute approximate surface area is 237 Å². The van der Waals surface area contributed by atoms with Gasteiger partial charge in [-0.1, -0.05) is 37.3 Å². The molecule has 8 heteroatoms. The maximum absolute atomic E-state index is 6.54. The summed E-state index contributed by atoms with van der Waals surface area (Å²) in [5.41, 5.74) is 5.18. The van der Waals surface area contributed by atoms with Gasteiger partial charge in [0.1, 0.15) is 17.9 Å². The fourth-order valence-electron chi connectivity index (χ4n) is 5.84.